The molecule has 3 nitrogen and oxygen atoms in total. The monoisotopic (exact) mass is 250 g/mol. The first-order valence-electron chi connectivity index (χ1n) is 5.14. The van der Waals surface area contributed by atoms with Gasteiger partial charge in [-0.15, -0.1) is 0 Å². The van der Waals surface area contributed by atoms with Crippen molar-refractivity contribution >= 4 is 12.6 Å². The molecule has 3 N–H and O–H groups in total. The maximum Gasteiger partial charge on any atom is 0.492 e. The molecule has 0 unspecified atom stereocenters. The second kappa shape index (κ2) is 4.76. The van der Waals surface area contributed by atoms with Gasteiger partial charge in [-0.25, -0.2) is 8.78 Å². The molecule has 0 amide bonds. The third-order valence-corrected chi connectivity index (χ3v) is 2.56. The first kappa shape index (κ1) is 12.5. The predicted molar refractivity (Wildman–Crippen MR) is 63.3 cm³/mol. The van der Waals surface area contributed by atoms with E-state index in [1.807, 2.05) is 0 Å². The van der Waals surface area contributed by atoms with E-state index in [4.69, 9.17) is 10.0 Å². The first-order chi connectivity index (χ1) is 8.50. The Morgan fingerprint density at radius 2 is 1.56 bits per heavy atom. The minimum absolute atomic E-state index is 0.117. The molecule has 0 fully saturated rings. The molecule has 0 aromatic heterocycles. The lowest BCUT2D eigenvalue weighted by Gasteiger charge is -2.09. The SMILES string of the molecule is OB(O)c1cc(-c2c(F)cccc2F)ccc1O. The molecule has 0 saturated carbocycles. The highest BCUT2D eigenvalue weighted by molar-refractivity contribution is 6.59. The van der Waals surface area contributed by atoms with Crippen molar-refractivity contribution < 1.29 is 23.9 Å². The topological polar surface area (TPSA) is 60.7 Å². The normalized spacial score (nSPS) is 10.4. The fourth-order valence-electron chi connectivity index (χ4n) is 1.69. The average molecular weight is 250 g/mol. The van der Waals surface area contributed by atoms with Crippen molar-refractivity contribution in [2.24, 2.45) is 0 Å². The van der Waals surface area contributed by atoms with E-state index in [9.17, 15) is 13.9 Å². The van der Waals surface area contributed by atoms with Crippen LogP contribution in [-0.4, -0.2) is 22.3 Å². The lowest BCUT2D eigenvalue weighted by Crippen LogP contribution is -2.30. The molecule has 0 heterocycles. The Kier molecular flexibility index (Phi) is 3.31. The summed E-state index contributed by atoms with van der Waals surface area (Å²) in [4.78, 5) is 0. The van der Waals surface area contributed by atoms with Gasteiger partial charge in [0.1, 0.15) is 17.4 Å². The molecular weight excluding hydrogens is 241 g/mol. The fraction of sp³-hybridized carbons (Fsp3) is 0. The van der Waals surface area contributed by atoms with Crippen molar-refractivity contribution in [3.05, 3.63) is 48.0 Å². The summed E-state index contributed by atoms with van der Waals surface area (Å²) in [6.45, 7) is 0. The van der Waals surface area contributed by atoms with Gasteiger partial charge in [0.05, 0.1) is 5.56 Å². The van der Waals surface area contributed by atoms with Gasteiger partial charge in [0, 0.05) is 5.46 Å². The molecule has 0 radical (unpaired) electrons. The number of hydrogen-bond donors (Lipinski definition) is 3. The average Bonchev–Trinajstić information content (AvgIpc) is 2.30. The van der Waals surface area contributed by atoms with Crippen molar-refractivity contribution in [1.82, 2.24) is 0 Å². The summed E-state index contributed by atoms with van der Waals surface area (Å²) in [5, 5.41) is 27.4. The zero-order chi connectivity index (χ0) is 13.3. The fourth-order valence-corrected chi connectivity index (χ4v) is 1.69. The molecule has 0 aliphatic rings. The summed E-state index contributed by atoms with van der Waals surface area (Å²) < 4.78 is 27.1. The van der Waals surface area contributed by atoms with Crippen LogP contribution >= 0.6 is 0 Å². The van der Waals surface area contributed by atoms with Gasteiger partial charge in [-0.2, -0.15) is 0 Å². The summed E-state index contributed by atoms with van der Waals surface area (Å²) >= 11 is 0. The van der Waals surface area contributed by atoms with Crippen LogP contribution in [0.3, 0.4) is 0 Å². The van der Waals surface area contributed by atoms with Gasteiger partial charge in [0.15, 0.2) is 0 Å². The Hall–Kier alpha value is -1.92. The van der Waals surface area contributed by atoms with Crippen LogP contribution in [0, 0.1) is 11.6 Å². The predicted octanol–water partition coefficient (Wildman–Crippen LogP) is 1.02. The van der Waals surface area contributed by atoms with Crippen molar-refractivity contribution in [3.63, 3.8) is 0 Å². The molecule has 0 aliphatic carbocycles. The zero-order valence-corrected chi connectivity index (χ0v) is 9.14. The Bertz CT molecular complexity index is 567. The van der Waals surface area contributed by atoms with Crippen molar-refractivity contribution in [2.75, 3.05) is 0 Å². The second-order valence-corrected chi connectivity index (χ2v) is 3.74. The molecule has 92 valence electrons. The number of hydrogen-bond acceptors (Lipinski definition) is 3. The number of benzene rings is 2. The molecule has 6 heteroatoms. The molecule has 0 spiro atoms. The number of aromatic hydroxyl groups is 1. The van der Waals surface area contributed by atoms with Gasteiger partial charge in [0.25, 0.3) is 0 Å². The molecule has 0 aliphatic heterocycles. The number of rotatable bonds is 2. The molecule has 0 atom stereocenters. The van der Waals surface area contributed by atoms with Crippen LogP contribution in [-0.2, 0) is 0 Å². The third kappa shape index (κ3) is 2.20. The summed E-state index contributed by atoms with van der Waals surface area (Å²) in [5.41, 5.74) is -0.374. The van der Waals surface area contributed by atoms with E-state index in [2.05, 4.69) is 0 Å². The highest BCUT2D eigenvalue weighted by atomic mass is 19.1. The van der Waals surface area contributed by atoms with Crippen molar-refractivity contribution in [1.29, 1.82) is 0 Å². The highest BCUT2D eigenvalue weighted by Gasteiger charge is 2.19. The molecular formula is C12H9BF2O3. The highest BCUT2D eigenvalue weighted by Crippen LogP contribution is 2.26. The largest absolute Gasteiger partial charge is 0.508 e. The Morgan fingerprint density at radius 3 is 2.11 bits per heavy atom. The molecule has 2 rings (SSSR count). The first-order valence-corrected chi connectivity index (χ1v) is 5.14. The molecule has 0 saturated heterocycles. The summed E-state index contributed by atoms with van der Waals surface area (Å²) in [5.74, 6) is -1.89. The van der Waals surface area contributed by atoms with E-state index in [-0.39, 0.29) is 22.3 Å². The molecule has 2 aromatic rings. The van der Waals surface area contributed by atoms with Crippen LogP contribution in [0.5, 0.6) is 5.75 Å². The second-order valence-electron chi connectivity index (χ2n) is 3.74. The quantitative estimate of drug-likeness (QED) is 0.697. The van der Waals surface area contributed by atoms with E-state index in [0.717, 1.165) is 24.3 Å². The van der Waals surface area contributed by atoms with E-state index in [1.54, 1.807) is 0 Å². The van der Waals surface area contributed by atoms with Gasteiger partial charge in [-0.05, 0) is 23.8 Å². The number of phenols is 1. The lowest BCUT2D eigenvalue weighted by atomic mass is 9.78. The van der Waals surface area contributed by atoms with E-state index in [1.165, 1.54) is 12.1 Å². The molecule has 0 bridgehead atoms. The van der Waals surface area contributed by atoms with Crippen molar-refractivity contribution in [3.8, 4) is 16.9 Å². The van der Waals surface area contributed by atoms with Gasteiger partial charge in [-0.1, -0.05) is 18.2 Å². The van der Waals surface area contributed by atoms with Gasteiger partial charge in [-0.3, -0.25) is 0 Å². The van der Waals surface area contributed by atoms with Gasteiger partial charge < -0.3 is 15.2 Å². The lowest BCUT2D eigenvalue weighted by molar-refractivity contribution is 0.419. The minimum atomic E-state index is -1.92. The maximum atomic E-state index is 13.5. The zero-order valence-electron chi connectivity index (χ0n) is 9.14. The van der Waals surface area contributed by atoms with Crippen molar-refractivity contribution in [2.45, 2.75) is 0 Å². The standard InChI is InChI=1S/C12H9BF2O3/c14-9-2-1-3-10(15)12(9)7-4-5-11(16)8(6-7)13(17)18/h1-6,16-18H. The summed E-state index contributed by atoms with van der Waals surface area (Å²) in [6, 6.07) is 7.00. The number of halogens is 2. The molecule has 18 heavy (non-hydrogen) atoms. The summed E-state index contributed by atoms with van der Waals surface area (Å²) in [7, 11) is -1.92. The van der Waals surface area contributed by atoms with E-state index < -0.39 is 18.8 Å². The molecule has 2 aromatic carbocycles. The third-order valence-electron chi connectivity index (χ3n) is 2.56. The van der Waals surface area contributed by atoms with Crippen LogP contribution in [0.15, 0.2) is 36.4 Å². The van der Waals surface area contributed by atoms with Gasteiger partial charge in [0.2, 0.25) is 0 Å². The number of phenolic OH excluding ortho intramolecular Hbond substituents is 1. The Labute approximate surface area is 102 Å². The minimum Gasteiger partial charge on any atom is -0.508 e. The summed E-state index contributed by atoms with van der Waals surface area (Å²) in [6.07, 6.45) is 0. The van der Waals surface area contributed by atoms with Crippen LogP contribution in [0.1, 0.15) is 0 Å². The smallest absolute Gasteiger partial charge is 0.492 e. The van der Waals surface area contributed by atoms with Crippen LogP contribution < -0.4 is 5.46 Å². The Morgan fingerprint density at radius 1 is 0.944 bits per heavy atom. The van der Waals surface area contributed by atoms with E-state index in [0.29, 0.717) is 0 Å². The van der Waals surface area contributed by atoms with Crippen LogP contribution in [0.2, 0.25) is 0 Å². The van der Waals surface area contributed by atoms with Crippen LogP contribution in [0.4, 0.5) is 8.78 Å². The Balaban J connectivity index is 2.62. The van der Waals surface area contributed by atoms with Gasteiger partial charge >= 0.3 is 7.12 Å². The van der Waals surface area contributed by atoms with Crippen LogP contribution in [0.25, 0.3) is 11.1 Å². The van der Waals surface area contributed by atoms with E-state index >= 15 is 0 Å². The maximum absolute atomic E-state index is 13.5.